The Hall–Kier alpha value is -0.770. The summed E-state index contributed by atoms with van der Waals surface area (Å²) < 4.78 is 4.00. The van der Waals surface area contributed by atoms with Crippen LogP contribution in [-0.2, 0) is 4.74 Å². The molecule has 0 rings (SSSR count). The lowest BCUT2D eigenvalue weighted by molar-refractivity contribution is -0.367. The van der Waals surface area contributed by atoms with E-state index in [1.165, 1.54) is 6.42 Å². The summed E-state index contributed by atoms with van der Waals surface area (Å²) in [5.41, 5.74) is 3.60. The normalized spacial score (nSPS) is 7.91. The summed E-state index contributed by atoms with van der Waals surface area (Å²) >= 11 is 0. The number of quaternary nitrogens is 1. The van der Waals surface area contributed by atoms with Gasteiger partial charge in [-0.2, -0.15) is 0 Å². The van der Waals surface area contributed by atoms with Gasteiger partial charge in [0.2, 0.25) is 0 Å². The van der Waals surface area contributed by atoms with Gasteiger partial charge in [0.25, 0.3) is 6.16 Å². The van der Waals surface area contributed by atoms with Gasteiger partial charge < -0.3 is 20.4 Å². The minimum Gasteiger partial charge on any atom is -0.550 e. The summed E-state index contributed by atoms with van der Waals surface area (Å²) in [6.45, 7) is 5.25. The predicted molar refractivity (Wildman–Crippen MR) is 39.7 cm³/mol. The third kappa shape index (κ3) is 27.0. The van der Waals surface area contributed by atoms with Crippen molar-refractivity contribution in [2.45, 2.75) is 26.7 Å². The second kappa shape index (κ2) is 12.0. The van der Waals surface area contributed by atoms with Crippen LogP contribution in [0.25, 0.3) is 0 Å². The Balaban J connectivity index is 0. The summed E-state index contributed by atoms with van der Waals surface area (Å²) in [6.07, 6.45) is 0.468. The standard InChI is InChI=1S/C4H8O3.C3H9N/c1-2-3-7-4(5)6;1-2-3-4/h2-3H2,1H3,(H,5,6);2-4H2,1H3. The van der Waals surface area contributed by atoms with E-state index in [1.54, 1.807) is 0 Å². The van der Waals surface area contributed by atoms with Crippen molar-refractivity contribution in [3.8, 4) is 0 Å². The molecular formula is C7H17NO3. The van der Waals surface area contributed by atoms with Crippen molar-refractivity contribution < 1.29 is 20.4 Å². The minimum absolute atomic E-state index is 0.238. The van der Waals surface area contributed by atoms with Crippen LogP contribution < -0.4 is 10.8 Å². The zero-order chi connectivity index (χ0) is 9.11. The highest BCUT2D eigenvalue weighted by atomic mass is 16.7. The highest BCUT2D eigenvalue weighted by molar-refractivity contribution is 5.53. The molecule has 68 valence electrons. The maximum absolute atomic E-state index is 9.42. The molecule has 0 fully saturated rings. The average Bonchev–Trinajstić information content (AvgIpc) is 2.01. The molecular weight excluding hydrogens is 146 g/mol. The third-order valence-corrected chi connectivity index (χ3v) is 0.778. The molecule has 0 aromatic carbocycles. The molecule has 0 unspecified atom stereocenters. The second-order valence-corrected chi connectivity index (χ2v) is 1.95. The van der Waals surface area contributed by atoms with Crippen LogP contribution in [-0.4, -0.2) is 19.3 Å². The first-order valence-electron chi connectivity index (χ1n) is 3.82. The molecule has 0 heterocycles. The van der Waals surface area contributed by atoms with Gasteiger partial charge in [0, 0.05) is 6.61 Å². The summed E-state index contributed by atoms with van der Waals surface area (Å²) in [6, 6.07) is 0. The molecule has 0 spiro atoms. The maximum Gasteiger partial charge on any atom is 0.251 e. The molecule has 0 aliphatic heterocycles. The molecule has 3 N–H and O–H groups in total. The molecule has 0 aliphatic carbocycles. The number of rotatable bonds is 3. The van der Waals surface area contributed by atoms with Gasteiger partial charge in [-0.25, -0.2) is 0 Å². The van der Waals surface area contributed by atoms with E-state index in [9.17, 15) is 9.90 Å². The van der Waals surface area contributed by atoms with Gasteiger partial charge in [0.05, 0.1) is 6.54 Å². The maximum atomic E-state index is 9.42. The summed E-state index contributed by atoms with van der Waals surface area (Å²) in [7, 11) is 0. The molecule has 11 heavy (non-hydrogen) atoms. The molecule has 0 radical (unpaired) electrons. The van der Waals surface area contributed by atoms with Crippen LogP contribution >= 0.6 is 0 Å². The largest absolute Gasteiger partial charge is 0.550 e. The number of hydrogen-bond acceptors (Lipinski definition) is 3. The van der Waals surface area contributed by atoms with Gasteiger partial charge in [0.15, 0.2) is 0 Å². The van der Waals surface area contributed by atoms with Crippen LogP contribution in [0.4, 0.5) is 4.79 Å². The zero-order valence-electron chi connectivity index (χ0n) is 7.26. The Morgan fingerprint density at radius 3 is 2.00 bits per heavy atom. The lowest BCUT2D eigenvalue weighted by Crippen LogP contribution is -2.49. The molecule has 0 amide bonds. The lowest BCUT2D eigenvalue weighted by atomic mass is 10.5. The van der Waals surface area contributed by atoms with Gasteiger partial charge in [-0.3, -0.25) is 0 Å². The first kappa shape index (κ1) is 12.9. The molecule has 0 aliphatic rings. The van der Waals surface area contributed by atoms with E-state index in [2.05, 4.69) is 17.4 Å². The molecule has 0 aromatic rings. The zero-order valence-corrected chi connectivity index (χ0v) is 7.26. The minimum atomic E-state index is -1.44. The van der Waals surface area contributed by atoms with Crippen LogP contribution in [0.3, 0.4) is 0 Å². The molecule has 0 aromatic heterocycles. The number of carbonyl (C=O) groups is 1. The molecule has 4 nitrogen and oxygen atoms in total. The number of hydrogen-bond donors (Lipinski definition) is 1. The first-order chi connectivity index (χ1) is 5.18. The Kier molecular flexibility index (Phi) is 14.0. The predicted octanol–water partition coefficient (Wildman–Crippen LogP) is -0.605. The van der Waals surface area contributed by atoms with Gasteiger partial charge in [-0.15, -0.1) is 0 Å². The van der Waals surface area contributed by atoms with Crippen molar-refractivity contribution in [2.75, 3.05) is 13.2 Å². The summed E-state index contributed by atoms with van der Waals surface area (Å²) in [5, 5.41) is 9.42. The summed E-state index contributed by atoms with van der Waals surface area (Å²) in [4.78, 5) is 9.42. The molecule has 0 saturated heterocycles. The van der Waals surface area contributed by atoms with E-state index in [0.717, 1.165) is 6.54 Å². The van der Waals surface area contributed by atoms with E-state index in [-0.39, 0.29) is 6.61 Å². The van der Waals surface area contributed by atoms with Crippen molar-refractivity contribution in [3.63, 3.8) is 0 Å². The Labute approximate surface area is 67.3 Å². The monoisotopic (exact) mass is 163 g/mol. The van der Waals surface area contributed by atoms with Crippen molar-refractivity contribution in [1.29, 1.82) is 0 Å². The fourth-order valence-electron chi connectivity index (χ4n) is 0.185. The first-order valence-corrected chi connectivity index (χ1v) is 3.82. The van der Waals surface area contributed by atoms with Crippen LogP contribution in [0.2, 0.25) is 0 Å². The molecule has 4 heteroatoms. The van der Waals surface area contributed by atoms with Gasteiger partial charge >= 0.3 is 0 Å². The highest BCUT2D eigenvalue weighted by Gasteiger charge is 1.76. The van der Waals surface area contributed by atoms with Gasteiger partial charge in [0.1, 0.15) is 0 Å². The fourth-order valence-corrected chi connectivity index (χ4v) is 0.185. The van der Waals surface area contributed by atoms with Gasteiger partial charge in [-0.1, -0.05) is 13.8 Å². The van der Waals surface area contributed by atoms with Crippen molar-refractivity contribution in [3.05, 3.63) is 0 Å². The quantitative estimate of drug-likeness (QED) is 0.564. The third-order valence-electron chi connectivity index (χ3n) is 0.778. The molecule has 0 saturated carbocycles. The Bertz CT molecular complexity index is 83.8. The Morgan fingerprint density at radius 2 is 1.91 bits per heavy atom. The van der Waals surface area contributed by atoms with E-state index >= 15 is 0 Å². The van der Waals surface area contributed by atoms with Crippen molar-refractivity contribution >= 4 is 6.16 Å². The van der Waals surface area contributed by atoms with E-state index in [0.29, 0.717) is 6.42 Å². The Morgan fingerprint density at radius 1 is 1.45 bits per heavy atom. The van der Waals surface area contributed by atoms with Crippen LogP contribution in [0, 0.1) is 0 Å². The lowest BCUT2D eigenvalue weighted by Gasteiger charge is -2.02. The van der Waals surface area contributed by atoms with E-state index in [1.807, 2.05) is 6.92 Å². The number of carbonyl (C=O) groups excluding carboxylic acids is 1. The fraction of sp³-hybridized carbons (Fsp3) is 0.857. The van der Waals surface area contributed by atoms with Gasteiger partial charge in [-0.05, 0) is 12.8 Å². The topological polar surface area (TPSA) is 77.0 Å². The van der Waals surface area contributed by atoms with Crippen molar-refractivity contribution in [2.24, 2.45) is 0 Å². The van der Waals surface area contributed by atoms with Crippen LogP contribution in [0.5, 0.6) is 0 Å². The van der Waals surface area contributed by atoms with E-state index in [4.69, 9.17) is 0 Å². The van der Waals surface area contributed by atoms with Crippen molar-refractivity contribution in [1.82, 2.24) is 0 Å². The number of carboxylic acid groups (broad SMARTS) is 1. The molecule has 0 atom stereocenters. The second-order valence-electron chi connectivity index (χ2n) is 1.95. The number of ether oxygens (including phenoxy) is 1. The summed E-state index contributed by atoms with van der Waals surface area (Å²) in [5.74, 6) is 0. The van der Waals surface area contributed by atoms with Crippen LogP contribution in [0.1, 0.15) is 26.7 Å². The average molecular weight is 163 g/mol. The SMILES string of the molecule is CCCOC(=O)[O-].CCC[NH3+]. The smallest absolute Gasteiger partial charge is 0.251 e. The van der Waals surface area contributed by atoms with E-state index < -0.39 is 6.16 Å². The molecule has 0 bridgehead atoms. The highest BCUT2D eigenvalue weighted by Crippen LogP contribution is 1.76. The van der Waals surface area contributed by atoms with Crippen LogP contribution in [0.15, 0.2) is 0 Å².